The van der Waals surface area contributed by atoms with Crippen molar-refractivity contribution in [3.05, 3.63) is 270 Å². The van der Waals surface area contributed by atoms with E-state index in [2.05, 4.69) is 171 Å². The summed E-state index contributed by atoms with van der Waals surface area (Å²) in [6, 6.07) is 53.8. The van der Waals surface area contributed by atoms with E-state index in [4.69, 9.17) is 25.3 Å². The Kier molecular flexibility index (Phi) is 29.8. The van der Waals surface area contributed by atoms with E-state index in [0.717, 1.165) is 106 Å². The summed E-state index contributed by atoms with van der Waals surface area (Å²) >= 11 is 3.20. The van der Waals surface area contributed by atoms with Gasteiger partial charge in [0.15, 0.2) is 0 Å². The van der Waals surface area contributed by atoms with Gasteiger partial charge >= 0.3 is 19.1 Å². The van der Waals surface area contributed by atoms with E-state index in [-0.39, 0.29) is 32.4 Å². The van der Waals surface area contributed by atoms with Crippen molar-refractivity contribution < 1.29 is 48.9 Å². The van der Waals surface area contributed by atoms with Crippen molar-refractivity contribution in [2.75, 3.05) is 13.2 Å². The fourth-order valence-corrected chi connectivity index (χ4v) is 10.1. The highest BCUT2D eigenvalue weighted by molar-refractivity contribution is 9.10. The van der Waals surface area contributed by atoms with Crippen LogP contribution in [0.25, 0.3) is 59.0 Å². The number of aldehydes is 2. The van der Waals surface area contributed by atoms with Crippen LogP contribution in [0.5, 0.6) is 0 Å². The van der Waals surface area contributed by atoms with E-state index >= 15 is 0 Å². The zero-order valence-electron chi connectivity index (χ0n) is 57.4. The molecule has 0 amide bonds. The number of nitrogens with two attached hydrogens (primary N) is 1. The highest BCUT2D eigenvalue weighted by atomic mass is 79.9. The van der Waals surface area contributed by atoms with Crippen molar-refractivity contribution >= 4 is 89.5 Å². The quantitative estimate of drug-likeness (QED) is 0.0233. The van der Waals surface area contributed by atoms with Crippen molar-refractivity contribution in [3.8, 4) is 22.5 Å². The van der Waals surface area contributed by atoms with Gasteiger partial charge in [0.25, 0.3) is 0 Å². The first-order chi connectivity index (χ1) is 46.1. The number of nitrogens with zero attached hydrogens (tertiary/aromatic N) is 3. The van der Waals surface area contributed by atoms with E-state index in [1.165, 1.54) is 18.1 Å². The maximum Gasteiger partial charge on any atom is 0.495 e. The number of aliphatic hydroxyl groups excluding tert-OH is 2. The Balaban J connectivity index is 0.000000239. The predicted octanol–water partition coefficient (Wildman–Crippen LogP) is 16.7. The van der Waals surface area contributed by atoms with Crippen molar-refractivity contribution in [2.45, 2.75) is 120 Å². The number of halogens is 1. The molecule has 14 nitrogen and oxygen atoms in total. The smallest absolute Gasteiger partial charge is 0.481 e. The van der Waals surface area contributed by atoms with E-state index in [0.29, 0.717) is 24.0 Å². The Morgan fingerprint density at radius 2 is 0.918 bits per heavy atom. The molecule has 1 aliphatic heterocycles. The number of hydrogen-bond donors (Lipinski definition) is 5. The molecule has 1 saturated heterocycles. The standard InChI is InChI=1S/C27H29NO3.C23H27BO3.C22H19NO.C5H4BrN.C4H9NO3.CH4/c1-19-10-11-21(14-15-27(3,18-29)26(30)31)17-23(19)13-12-22-7-6-8-24(20(22)2)25-9-4-5-16-28-25;1-16-10-11-18(15-25)14-20(16)13-12-19-8-7-9-21(17(19)2)24-26-22(3,4)23(5,6)27-24;1-16-9-10-18(15-24)14-20(16)12-11-19-6-5-7-21(17(19)2)22-8-3-4-13-23-22;6-5-3-1-2-4-7-5;1-4(5,2-6)3(7)8;/h4-13,16-17,29H,14-15,18H2,1-3H3,(H,30,31);7-15H,1-6H3;3-15H,1-2H3;1-4H;6H,2,5H2,1H3,(H,7,8);1H4/b2*13-12+;12-11+;;;/t27-;;;;4-;/m0...0./s1. The van der Waals surface area contributed by atoms with Gasteiger partial charge in [0.1, 0.15) is 22.7 Å². The second kappa shape index (κ2) is 36.8. The van der Waals surface area contributed by atoms with Crippen LogP contribution >= 0.6 is 15.9 Å². The molecule has 2 atom stereocenters. The van der Waals surface area contributed by atoms with Gasteiger partial charge in [-0.3, -0.25) is 29.1 Å². The lowest BCUT2D eigenvalue weighted by atomic mass is 9.75. The number of carboxylic acids is 2. The number of aliphatic hydroxyl groups is 2. The lowest BCUT2D eigenvalue weighted by Crippen LogP contribution is -2.48. The molecule has 1 aliphatic rings. The fraction of sp³-hybridized carbons (Fsp3) is 0.256. The zero-order valence-corrected chi connectivity index (χ0v) is 59.0. The Morgan fingerprint density at radius 1 is 0.510 bits per heavy atom. The normalized spacial score (nSPS) is 13.9. The summed E-state index contributed by atoms with van der Waals surface area (Å²) in [5, 5.41) is 35.3. The number of aryl methyl sites for hydroxylation is 4. The summed E-state index contributed by atoms with van der Waals surface area (Å²) < 4.78 is 13.3. The minimum Gasteiger partial charge on any atom is -0.481 e. The van der Waals surface area contributed by atoms with Crippen LogP contribution in [0.4, 0.5) is 0 Å². The zero-order chi connectivity index (χ0) is 71.1. The van der Waals surface area contributed by atoms with Gasteiger partial charge in [-0.2, -0.15) is 0 Å². The molecule has 9 aromatic rings. The Hall–Kier alpha value is -9.39. The summed E-state index contributed by atoms with van der Waals surface area (Å²) in [7, 11) is -0.372. The van der Waals surface area contributed by atoms with Gasteiger partial charge in [-0.05, 0) is 238 Å². The van der Waals surface area contributed by atoms with Crippen molar-refractivity contribution in [1.82, 2.24) is 15.0 Å². The van der Waals surface area contributed by atoms with E-state index in [9.17, 15) is 29.4 Å². The molecule has 0 saturated carbocycles. The third-order valence-electron chi connectivity index (χ3n) is 17.4. The Labute approximate surface area is 587 Å². The molecule has 6 aromatic carbocycles. The minimum absolute atomic E-state index is 0. The highest BCUT2D eigenvalue weighted by Crippen LogP contribution is 2.37. The number of hydrogen-bond acceptors (Lipinski definition) is 12. The molecule has 0 unspecified atom stereocenters. The number of carbonyl (C=O) groups is 4. The molecular formula is C82H92BBrN4O10. The molecule has 4 heterocycles. The number of carbonyl (C=O) groups excluding carboxylic acids is 2. The number of aliphatic carboxylic acids is 2. The second-order valence-corrected chi connectivity index (χ2v) is 26.1. The van der Waals surface area contributed by atoms with Gasteiger partial charge in [-0.1, -0.05) is 159 Å². The average molecular weight is 1380 g/mol. The van der Waals surface area contributed by atoms with Crippen LogP contribution in [0.1, 0.15) is 148 Å². The molecule has 16 heteroatoms. The van der Waals surface area contributed by atoms with Gasteiger partial charge < -0.3 is 35.5 Å². The van der Waals surface area contributed by atoms with Crippen LogP contribution < -0.4 is 11.2 Å². The van der Waals surface area contributed by atoms with Crippen molar-refractivity contribution in [1.29, 1.82) is 0 Å². The summed E-state index contributed by atoms with van der Waals surface area (Å²) in [6.07, 6.45) is 20.6. The largest absolute Gasteiger partial charge is 0.495 e. The fourth-order valence-electron chi connectivity index (χ4n) is 9.82. The van der Waals surface area contributed by atoms with Crippen LogP contribution in [0.15, 0.2) is 187 Å². The maximum atomic E-state index is 11.4. The van der Waals surface area contributed by atoms with Gasteiger partial charge in [0.2, 0.25) is 0 Å². The van der Waals surface area contributed by atoms with Crippen LogP contribution in [0.3, 0.4) is 0 Å². The van der Waals surface area contributed by atoms with E-state index in [1.807, 2.05) is 135 Å². The van der Waals surface area contributed by atoms with Gasteiger partial charge in [0, 0.05) is 40.8 Å². The molecule has 0 bridgehead atoms. The summed E-state index contributed by atoms with van der Waals surface area (Å²) in [4.78, 5) is 56.2. The molecular weight excluding hydrogens is 1290 g/mol. The van der Waals surface area contributed by atoms with Crippen LogP contribution in [-0.2, 0) is 25.3 Å². The molecule has 98 heavy (non-hydrogen) atoms. The first kappa shape index (κ1) is 79.3. The maximum absolute atomic E-state index is 11.4. The number of aromatic nitrogens is 3. The first-order valence-electron chi connectivity index (χ1n) is 31.8. The van der Waals surface area contributed by atoms with Crippen molar-refractivity contribution in [2.24, 2.45) is 11.1 Å². The summed E-state index contributed by atoms with van der Waals surface area (Å²) in [5.41, 5.74) is 22.9. The molecule has 1 fully saturated rings. The number of benzene rings is 6. The van der Waals surface area contributed by atoms with Crippen molar-refractivity contribution in [3.63, 3.8) is 0 Å². The lowest BCUT2D eigenvalue weighted by Gasteiger charge is -2.32. The predicted molar refractivity (Wildman–Crippen MR) is 404 cm³/mol. The van der Waals surface area contributed by atoms with Crippen LogP contribution in [0.2, 0.25) is 0 Å². The highest BCUT2D eigenvalue weighted by Gasteiger charge is 2.52. The number of carboxylic acid groups (broad SMARTS) is 2. The summed E-state index contributed by atoms with van der Waals surface area (Å²) in [5.74, 6) is -2.16. The van der Waals surface area contributed by atoms with Crippen LogP contribution in [-0.4, -0.2) is 97.0 Å². The Bertz CT molecular complexity index is 4220. The Morgan fingerprint density at radius 3 is 1.28 bits per heavy atom. The van der Waals surface area contributed by atoms with E-state index < -0.39 is 29.5 Å². The third kappa shape index (κ3) is 22.1. The molecule has 3 aromatic heterocycles. The SMILES string of the molecule is Brc1ccccn1.C.C[C@](N)(CO)C(=O)O.Cc1ccc(C=O)cc1/C=C/c1cccc(-c2ccccn2)c1C.Cc1ccc(C=O)cc1/C=C/c1cccc(B2OC(C)(C)C(C)(C)O2)c1C.Cc1ccc(CC[C@@](C)(CO)C(=O)O)cc1/C=C/c1cccc(-c2ccccn2)c1C. The van der Waals surface area contributed by atoms with Gasteiger partial charge in [-0.15, -0.1) is 0 Å². The topological polar surface area (TPSA) is 232 Å². The third-order valence-corrected chi connectivity index (χ3v) is 17.9. The van der Waals surface area contributed by atoms with E-state index in [1.54, 1.807) is 19.3 Å². The molecule has 0 spiro atoms. The van der Waals surface area contributed by atoms with Crippen LogP contribution in [0, 0.1) is 47.0 Å². The molecule has 0 aliphatic carbocycles. The molecule has 10 rings (SSSR count). The van der Waals surface area contributed by atoms with Gasteiger partial charge in [-0.25, -0.2) is 4.98 Å². The molecule has 510 valence electrons. The molecule has 0 radical (unpaired) electrons. The number of rotatable bonds is 18. The second-order valence-electron chi connectivity index (χ2n) is 25.3. The summed E-state index contributed by atoms with van der Waals surface area (Å²) in [6.45, 7) is 22.6. The first-order valence-corrected chi connectivity index (χ1v) is 32.6. The number of pyridine rings is 3. The molecule has 6 N–H and O–H groups in total. The van der Waals surface area contributed by atoms with Gasteiger partial charge in [0.05, 0.1) is 41.2 Å². The average Bonchev–Trinajstić information content (AvgIpc) is 1.61. The minimum atomic E-state index is -1.49. The lowest BCUT2D eigenvalue weighted by molar-refractivity contribution is -0.150. The monoisotopic (exact) mass is 1380 g/mol.